The Morgan fingerprint density at radius 1 is 1.47 bits per heavy atom. The number of hydrogen-bond donors (Lipinski definition) is 2. The van der Waals surface area contributed by atoms with E-state index in [1.165, 1.54) is 11.1 Å². The second kappa shape index (κ2) is 5.68. The zero-order chi connectivity index (χ0) is 12.1. The predicted octanol–water partition coefficient (Wildman–Crippen LogP) is 0.500. The van der Waals surface area contributed by atoms with Crippen molar-refractivity contribution in [3.63, 3.8) is 0 Å². The minimum absolute atomic E-state index is 0.0207. The van der Waals surface area contributed by atoms with Gasteiger partial charge in [-0.05, 0) is 30.2 Å². The topological polar surface area (TPSA) is 50.4 Å². The number of ether oxygens (including phenoxy) is 1. The van der Waals surface area contributed by atoms with Gasteiger partial charge >= 0.3 is 0 Å². The smallest absolute Gasteiger partial charge is 0.233 e. The van der Waals surface area contributed by atoms with Gasteiger partial charge in [0.15, 0.2) is 0 Å². The summed E-state index contributed by atoms with van der Waals surface area (Å²) in [7, 11) is 1.64. The molecule has 0 aromatic heterocycles. The third kappa shape index (κ3) is 3.20. The Morgan fingerprint density at radius 2 is 2.35 bits per heavy atom. The molecule has 0 aliphatic carbocycles. The van der Waals surface area contributed by atoms with E-state index >= 15 is 0 Å². The van der Waals surface area contributed by atoms with Crippen LogP contribution in [-0.4, -0.2) is 32.7 Å². The molecule has 2 N–H and O–H groups in total. The number of carbonyl (C=O) groups excluding carboxylic acids is 1. The molecule has 4 heteroatoms. The van der Waals surface area contributed by atoms with Gasteiger partial charge in [-0.3, -0.25) is 4.79 Å². The molecule has 0 unspecified atom stereocenters. The zero-order valence-electron chi connectivity index (χ0n) is 10.1. The fourth-order valence-electron chi connectivity index (χ4n) is 1.92. The minimum Gasteiger partial charge on any atom is -0.493 e. The van der Waals surface area contributed by atoms with Gasteiger partial charge in [-0.15, -0.1) is 0 Å². The molecule has 1 aliphatic heterocycles. The Kier molecular flexibility index (Phi) is 3.98. The van der Waals surface area contributed by atoms with Crippen LogP contribution < -0.4 is 15.4 Å². The maximum atomic E-state index is 11.0. The first-order chi connectivity index (χ1) is 8.29. The summed E-state index contributed by atoms with van der Waals surface area (Å²) in [5, 5.41) is 5.69. The third-order valence-electron chi connectivity index (χ3n) is 2.91. The van der Waals surface area contributed by atoms with Gasteiger partial charge in [-0.1, -0.05) is 12.1 Å². The summed E-state index contributed by atoms with van der Waals surface area (Å²) in [4.78, 5) is 11.0. The number of rotatable bonds is 5. The Morgan fingerprint density at radius 3 is 3.18 bits per heavy atom. The molecule has 4 nitrogen and oxygen atoms in total. The summed E-state index contributed by atoms with van der Waals surface area (Å²) in [5.74, 6) is 1.04. The van der Waals surface area contributed by atoms with Crippen molar-refractivity contribution in [2.45, 2.75) is 12.8 Å². The van der Waals surface area contributed by atoms with Crippen LogP contribution in [0.2, 0.25) is 0 Å². The van der Waals surface area contributed by atoms with Crippen molar-refractivity contribution in [1.29, 1.82) is 0 Å². The van der Waals surface area contributed by atoms with E-state index in [1.807, 2.05) is 6.07 Å². The highest BCUT2D eigenvalue weighted by Gasteiger charge is 2.11. The third-order valence-corrected chi connectivity index (χ3v) is 2.91. The Bertz CT molecular complexity index is 404. The van der Waals surface area contributed by atoms with E-state index in [0.29, 0.717) is 6.54 Å². The van der Waals surface area contributed by atoms with E-state index in [2.05, 4.69) is 22.8 Å². The first-order valence-corrected chi connectivity index (χ1v) is 5.95. The lowest BCUT2D eigenvalue weighted by atomic mass is 10.1. The van der Waals surface area contributed by atoms with E-state index in [4.69, 9.17) is 4.74 Å². The fourth-order valence-corrected chi connectivity index (χ4v) is 1.92. The van der Waals surface area contributed by atoms with Crippen LogP contribution in [0.1, 0.15) is 11.1 Å². The molecule has 1 amide bonds. The number of amides is 1. The maximum Gasteiger partial charge on any atom is 0.233 e. The van der Waals surface area contributed by atoms with Crippen molar-refractivity contribution in [2.75, 3.05) is 26.7 Å². The monoisotopic (exact) mass is 234 g/mol. The molecule has 1 aromatic carbocycles. The molecule has 92 valence electrons. The molecule has 2 rings (SSSR count). The molecule has 0 bridgehead atoms. The van der Waals surface area contributed by atoms with Gasteiger partial charge in [-0.2, -0.15) is 0 Å². The Labute approximate surface area is 101 Å². The molecule has 0 atom stereocenters. The highest BCUT2D eigenvalue weighted by atomic mass is 16.5. The van der Waals surface area contributed by atoms with E-state index in [1.54, 1.807) is 7.05 Å². The van der Waals surface area contributed by atoms with Crippen LogP contribution >= 0.6 is 0 Å². The maximum absolute atomic E-state index is 11.0. The van der Waals surface area contributed by atoms with Gasteiger partial charge in [0.2, 0.25) is 5.91 Å². The summed E-state index contributed by atoms with van der Waals surface area (Å²) in [6.45, 7) is 1.99. The average Bonchev–Trinajstić information content (AvgIpc) is 2.81. The van der Waals surface area contributed by atoms with E-state index < -0.39 is 0 Å². The quantitative estimate of drug-likeness (QED) is 0.729. The van der Waals surface area contributed by atoms with E-state index in [-0.39, 0.29) is 5.91 Å². The summed E-state index contributed by atoms with van der Waals surface area (Å²) in [6.07, 6.45) is 1.94. The highest BCUT2D eigenvalue weighted by Crippen LogP contribution is 2.25. The highest BCUT2D eigenvalue weighted by molar-refractivity contribution is 5.77. The molecule has 0 spiro atoms. The van der Waals surface area contributed by atoms with Gasteiger partial charge < -0.3 is 15.4 Å². The summed E-state index contributed by atoms with van der Waals surface area (Å²) >= 11 is 0. The molecule has 1 aromatic rings. The van der Waals surface area contributed by atoms with Crippen molar-refractivity contribution < 1.29 is 9.53 Å². The molecular formula is C13H18N2O2. The molecule has 0 radical (unpaired) electrons. The molecule has 1 aliphatic rings. The lowest BCUT2D eigenvalue weighted by molar-refractivity contribution is -0.119. The molecule has 0 saturated carbocycles. The second-order valence-electron chi connectivity index (χ2n) is 4.14. The number of hydrogen-bond acceptors (Lipinski definition) is 3. The molecule has 17 heavy (non-hydrogen) atoms. The second-order valence-corrected chi connectivity index (χ2v) is 4.14. The molecule has 0 fully saturated rings. The van der Waals surface area contributed by atoms with Gasteiger partial charge in [0.1, 0.15) is 5.75 Å². The Hall–Kier alpha value is -1.55. The first kappa shape index (κ1) is 11.9. The van der Waals surface area contributed by atoms with Crippen LogP contribution in [0.3, 0.4) is 0 Å². The van der Waals surface area contributed by atoms with Crippen LogP contribution in [0.4, 0.5) is 0 Å². The molecule has 0 saturated heterocycles. The van der Waals surface area contributed by atoms with E-state index in [0.717, 1.165) is 31.7 Å². The van der Waals surface area contributed by atoms with Crippen molar-refractivity contribution >= 4 is 5.91 Å². The van der Waals surface area contributed by atoms with Crippen LogP contribution in [0, 0.1) is 0 Å². The number of nitrogens with one attached hydrogen (secondary N) is 2. The lowest BCUT2D eigenvalue weighted by Crippen LogP contribution is -2.32. The normalized spacial score (nSPS) is 13.0. The van der Waals surface area contributed by atoms with Crippen molar-refractivity contribution in [2.24, 2.45) is 0 Å². The predicted molar refractivity (Wildman–Crippen MR) is 66.3 cm³/mol. The number of fused-ring (bicyclic) bond motifs is 1. The zero-order valence-corrected chi connectivity index (χ0v) is 10.1. The van der Waals surface area contributed by atoms with Gasteiger partial charge in [-0.25, -0.2) is 0 Å². The van der Waals surface area contributed by atoms with Crippen LogP contribution in [-0.2, 0) is 17.6 Å². The lowest BCUT2D eigenvalue weighted by Gasteiger charge is -2.05. The summed E-state index contributed by atoms with van der Waals surface area (Å²) in [5.41, 5.74) is 2.59. The van der Waals surface area contributed by atoms with Gasteiger partial charge in [0.25, 0.3) is 0 Å². The van der Waals surface area contributed by atoms with Crippen LogP contribution in [0.25, 0.3) is 0 Å². The Balaban J connectivity index is 1.78. The summed E-state index contributed by atoms with van der Waals surface area (Å²) in [6, 6.07) is 6.33. The first-order valence-electron chi connectivity index (χ1n) is 5.95. The largest absolute Gasteiger partial charge is 0.493 e. The van der Waals surface area contributed by atoms with Crippen molar-refractivity contribution in [3.8, 4) is 5.75 Å². The molecule has 1 heterocycles. The van der Waals surface area contributed by atoms with Crippen molar-refractivity contribution in [3.05, 3.63) is 29.3 Å². The van der Waals surface area contributed by atoms with E-state index in [9.17, 15) is 4.79 Å². The van der Waals surface area contributed by atoms with Gasteiger partial charge in [0.05, 0.1) is 13.2 Å². The van der Waals surface area contributed by atoms with Gasteiger partial charge in [0, 0.05) is 13.5 Å². The van der Waals surface area contributed by atoms with Crippen molar-refractivity contribution in [1.82, 2.24) is 10.6 Å². The standard InChI is InChI=1S/C13H18N2O2/c1-14-13(16)9-15-6-4-10-2-3-12-11(8-10)5-7-17-12/h2-3,8,15H,4-7,9H2,1H3,(H,14,16). The summed E-state index contributed by atoms with van der Waals surface area (Å²) < 4.78 is 5.46. The number of benzene rings is 1. The molecular weight excluding hydrogens is 216 g/mol. The fraction of sp³-hybridized carbons (Fsp3) is 0.462. The number of likely N-dealkylation sites (N-methyl/N-ethyl adjacent to an activating group) is 1. The number of carbonyl (C=O) groups is 1. The van der Waals surface area contributed by atoms with Crippen LogP contribution in [0.15, 0.2) is 18.2 Å². The average molecular weight is 234 g/mol. The SMILES string of the molecule is CNC(=O)CNCCc1ccc2c(c1)CCO2. The minimum atomic E-state index is 0.0207. The van der Waals surface area contributed by atoms with Crippen LogP contribution in [0.5, 0.6) is 5.75 Å².